The van der Waals surface area contributed by atoms with Crippen LogP contribution >= 0.6 is 0 Å². The Morgan fingerprint density at radius 3 is 3.00 bits per heavy atom. The van der Waals surface area contributed by atoms with Gasteiger partial charge in [0.25, 0.3) is 0 Å². The number of hydrogen-bond donors (Lipinski definition) is 2. The number of imidazole rings is 1. The zero-order valence-electron chi connectivity index (χ0n) is 8.64. The van der Waals surface area contributed by atoms with Crippen LogP contribution in [-0.4, -0.2) is 16.5 Å². The van der Waals surface area contributed by atoms with E-state index in [0.717, 1.165) is 12.4 Å². The predicted octanol–water partition coefficient (Wildman–Crippen LogP) is 1.89. The normalized spacial score (nSPS) is 29.4. The molecule has 1 aromatic heterocycles. The van der Waals surface area contributed by atoms with Gasteiger partial charge in [-0.25, -0.2) is 4.98 Å². The van der Waals surface area contributed by atoms with Gasteiger partial charge in [0, 0.05) is 17.3 Å². The van der Waals surface area contributed by atoms with Crippen LogP contribution in [0, 0.1) is 0 Å². The summed E-state index contributed by atoms with van der Waals surface area (Å²) in [7, 11) is 0. The molecule has 1 unspecified atom stereocenters. The zero-order chi connectivity index (χ0) is 9.60. The van der Waals surface area contributed by atoms with E-state index in [1.54, 1.807) is 0 Å². The summed E-state index contributed by atoms with van der Waals surface area (Å²) < 4.78 is 0. The Kier molecular flexibility index (Phi) is 1.71. The molecule has 1 aliphatic heterocycles. The van der Waals surface area contributed by atoms with Gasteiger partial charge in [-0.05, 0) is 32.2 Å². The van der Waals surface area contributed by atoms with E-state index in [-0.39, 0.29) is 0 Å². The summed E-state index contributed by atoms with van der Waals surface area (Å²) >= 11 is 0. The summed E-state index contributed by atoms with van der Waals surface area (Å²) in [5.74, 6) is 1.14. The maximum Gasteiger partial charge on any atom is 0.123 e. The lowest BCUT2D eigenvalue weighted by molar-refractivity contribution is 0.607. The molecule has 2 N–H and O–H groups in total. The molecule has 1 saturated carbocycles. The van der Waals surface area contributed by atoms with Gasteiger partial charge in [-0.2, -0.15) is 0 Å². The van der Waals surface area contributed by atoms with Crippen molar-refractivity contribution in [1.82, 2.24) is 15.3 Å². The van der Waals surface area contributed by atoms with Crippen LogP contribution in [0.25, 0.3) is 0 Å². The van der Waals surface area contributed by atoms with E-state index in [4.69, 9.17) is 0 Å². The molecule has 1 atom stereocenters. The molecule has 0 spiro atoms. The second-order valence-electron chi connectivity index (χ2n) is 4.89. The van der Waals surface area contributed by atoms with Gasteiger partial charge in [-0.1, -0.05) is 6.92 Å². The topological polar surface area (TPSA) is 40.7 Å². The molecule has 0 amide bonds. The van der Waals surface area contributed by atoms with E-state index in [2.05, 4.69) is 22.2 Å². The van der Waals surface area contributed by atoms with Gasteiger partial charge in [0.1, 0.15) is 5.82 Å². The van der Waals surface area contributed by atoms with Gasteiger partial charge in [0.05, 0.1) is 6.04 Å². The third-order valence-electron chi connectivity index (χ3n) is 3.64. The molecule has 76 valence electrons. The molecule has 2 heterocycles. The number of aromatic nitrogens is 2. The van der Waals surface area contributed by atoms with Gasteiger partial charge in [-0.15, -0.1) is 0 Å². The van der Waals surface area contributed by atoms with Crippen LogP contribution in [0.4, 0.5) is 0 Å². The predicted molar refractivity (Wildman–Crippen MR) is 55.2 cm³/mol. The number of hydrogen-bond acceptors (Lipinski definition) is 2. The van der Waals surface area contributed by atoms with Crippen LogP contribution in [-0.2, 0) is 5.41 Å². The Morgan fingerprint density at radius 2 is 2.36 bits per heavy atom. The molecule has 0 aromatic carbocycles. The van der Waals surface area contributed by atoms with Crippen molar-refractivity contribution in [1.29, 1.82) is 0 Å². The monoisotopic (exact) mass is 191 g/mol. The average Bonchev–Trinajstić information content (AvgIpc) is 2.73. The minimum absolute atomic E-state index is 0.420. The van der Waals surface area contributed by atoms with E-state index in [1.165, 1.54) is 31.4 Å². The third kappa shape index (κ3) is 1.27. The van der Waals surface area contributed by atoms with Crippen LogP contribution in [0.3, 0.4) is 0 Å². The largest absolute Gasteiger partial charge is 0.344 e. The Hall–Kier alpha value is -0.830. The van der Waals surface area contributed by atoms with Gasteiger partial charge in [0.15, 0.2) is 0 Å². The second kappa shape index (κ2) is 2.83. The molecule has 2 fully saturated rings. The first-order chi connectivity index (χ1) is 6.78. The van der Waals surface area contributed by atoms with Crippen molar-refractivity contribution >= 4 is 0 Å². The van der Waals surface area contributed by atoms with Crippen LogP contribution in [0.1, 0.15) is 50.2 Å². The maximum absolute atomic E-state index is 4.49. The van der Waals surface area contributed by atoms with Crippen molar-refractivity contribution in [3.05, 3.63) is 17.7 Å². The smallest absolute Gasteiger partial charge is 0.123 e. The second-order valence-corrected chi connectivity index (χ2v) is 4.89. The van der Waals surface area contributed by atoms with Gasteiger partial charge in [0.2, 0.25) is 0 Å². The molecular formula is C11H17N3. The van der Waals surface area contributed by atoms with E-state index in [9.17, 15) is 0 Å². The fourth-order valence-electron chi connectivity index (χ4n) is 2.20. The molecule has 1 aromatic rings. The first kappa shape index (κ1) is 8.48. The highest BCUT2D eigenvalue weighted by Gasteiger charge is 2.41. The minimum Gasteiger partial charge on any atom is -0.344 e. The van der Waals surface area contributed by atoms with Crippen LogP contribution in [0.5, 0.6) is 0 Å². The minimum atomic E-state index is 0.420. The maximum atomic E-state index is 4.49. The number of nitrogens with zero attached hydrogens (tertiary/aromatic N) is 1. The highest BCUT2D eigenvalue weighted by atomic mass is 15.0. The standard InChI is InChI=1S/C11H17N3/c1-11(4-5-11)9-7-13-10(14-9)8-3-2-6-12-8/h7-8,12H,2-6H2,1H3,(H,13,14). The molecule has 14 heavy (non-hydrogen) atoms. The molecule has 3 nitrogen and oxygen atoms in total. The summed E-state index contributed by atoms with van der Waals surface area (Å²) in [6, 6.07) is 0.478. The van der Waals surface area contributed by atoms with E-state index >= 15 is 0 Å². The lowest BCUT2D eigenvalue weighted by Crippen LogP contribution is -2.14. The summed E-state index contributed by atoms with van der Waals surface area (Å²) in [6.45, 7) is 3.45. The lowest BCUT2D eigenvalue weighted by Gasteiger charge is -2.07. The SMILES string of the molecule is CC1(c2cnc(C3CCCN3)[nH]2)CC1. The molecule has 3 rings (SSSR count). The van der Waals surface area contributed by atoms with Crippen LogP contribution in [0.2, 0.25) is 0 Å². The van der Waals surface area contributed by atoms with Crippen LogP contribution < -0.4 is 5.32 Å². The highest BCUT2D eigenvalue weighted by Crippen LogP contribution is 2.46. The summed E-state index contributed by atoms with van der Waals surface area (Å²) in [5, 5.41) is 3.46. The fourth-order valence-corrected chi connectivity index (χ4v) is 2.20. The molecule has 3 heteroatoms. The van der Waals surface area contributed by atoms with Crippen molar-refractivity contribution in [3.8, 4) is 0 Å². The Bertz CT molecular complexity index is 332. The Labute approximate surface area is 84.3 Å². The summed E-state index contributed by atoms with van der Waals surface area (Å²) in [4.78, 5) is 7.97. The quantitative estimate of drug-likeness (QED) is 0.749. The zero-order valence-corrected chi connectivity index (χ0v) is 8.64. The van der Waals surface area contributed by atoms with Crippen molar-refractivity contribution in [2.24, 2.45) is 0 Å². The average molecular weight is 191 g/mol. The van der Waals surface area contributed by atoms with Crippen molar-refractivity contribution in [2.45, 2.75) is 44.1 Å². The number of nitrogens with one attached hydrogen (secondary N) is 2. The van der Waals surface area contributed by atoms with Gasteiger partial charge in [-0.3, -0.25) is 0 Å². The fraction of sp³-hybridized carbons (Fsp3) is 0.727. The summed E-state index contributed by atoms with van der Waals surface area (Å²) in [5.41, 5.74) is 1.75. The van der Waals surface area contributed by atoms with E-state index < -0.39 is 0 Å². The highest BCUT2D eigenvalue weighted by molar-refractivity contribution is 5.22. The van der Waals surface area contributed by atoms with Crippen molar-refractivity contribution < 1.29 is 0 Å². The van der Waals surface area contributed by atoms with Crippen molar-refractivity contribution in [3.63, 3.8) is 0 Å². The van der Waals surface area contributed by atoms with E-state index in [1.807, 2.05) is 6.20 Å². The summed E-state index contributed by atoms with van der Waals surface area (Å²) in [6.07, 6.45) is 7.16. The molecule has 1 saturated heterocycles. The Morgan fingerprint density at radius 1 is 1.50 bits per heavy atom. The molecule has 0 radical (unpaired) electrons. The van der Waals surface area contributed by atoms with Gasteiger partial charge < -0.3 is 10.3 Å². The first-order valence-electron chi connectivity index (χ1n) is 5.57. The van der Waals surface area contributed by atoms with Crippen molar-refractivity contribution in [2.75, 3.05) is 6.54 Å². The number of H-pyrrole nitrogens is 1. The molecule has 0 bridgehead atoms. The molecule has 1 aliphatic carbocycles. The molecule has 2 aliphatic rings. The van der Waals surface area contributed by atoms with Gasteiger partial charge >= 0.3 is 0 Å². The number of aromatic amines is 1. The molecular weight excluding hydrogens is 174 g/mol. The Balaban J connectivity index is 1.82. The third-order valence-corrected chi connectivity index (χ3v) is 3.64. The number of rotatable bonds is 2. The van der Waals surface area contributed by atoms with Crippen LogP contribution in [0.15, 0.2) is 6.20 Å². The first-order valence-corrected chi connectivity index (χ1v) is 5.57. The van der Waals surface area contributed by atoms with E-state index in [0.29, 0.717) is 11.5 Å². The lowest BCUT2D eigenvalue weighted by atomic mass is 10.1.